The van der Waals surface area contributed by atoms with E-state index in [-0.39, 0.29) is 11.8 Å². The average molecular weight is 345 g/mol. The standard InChI is InChI=1S/C18H23N3O2S/c19-16(13-7-10-23-11-8-13)17(22)20-9-6-15-12-24-18(21-15)14-4-2-1-3-5-14/h1-5,12-13,16H,6-11,19H2,(H,20,22). The lowest BCUT2D eigenvalue weighted by molar-refractivity contribution is -0.124. The number of rotatable bonds is 6. The Hall–Kier alpha value is -1.76. The van der Waals surface area contributed by atoms with Crippen molar-refractivity contribution in [1.82, 2.24) is 10.3 Å². The van der Waals surface area contributed by atoms with Gasteiger partial charge in [0.1, 0.15) is 5.01 Å². The fourth-order valence-corrected chi connectivity index (χ4v) is 3.72. The van der Waals surface area contributed by atoms with Gasteiger partial charge < -0.3 is 15.8 Å². The molecule has 3 rings (SSSR count). The van der Waals surface area contributed by atoms with Crippen LogP contribution in [0.5, 0.6) is 0 Å². The largest absolute Gasteiger partial charge is 0.381 e. The molecule has 5 nitrogen and oxygen atoms in total. The average Bonchev–Trinajstić information content (AvgIpc) is 3.11. The third-order valence-corrected chi connectivity index (χ3v) is 5.27. The Kier molecular flexibility index (Phi) is 5.96. The van der Waals surface area contributed by atoms with Gasteiger partial charge in [0, 0.05) is 37.1 Å². The van der Waals surface area contributed by atoms with Gasteiger partial charge in [-0.3, -0.25) is 4.79 Å². The molecule has 24 heavy (non-hydrogen) atoms. The van der Waals surface area contributed by atoms with Crippen LogP contribution in [-0.4, -0.2) is 36.7 Å². The molecule has 2 heterocycles. The number of ether oxygens (including phenoxy) is 1. The molecule has 1 saturated heterocycles. The first kappa shape index (κ1) is 17.1. The molecule has 1 fully saturated rings. The molecule has 0 radical (unpaired) electrons. The van der Waals surface area contributed by atoms with Gasteiger partial charge in [0.15, 0.2) is 0 Å². The third-order valence-electron chi connectivity index (χ3n) is 4.33. The van der Waals surface area contributed by atoms with Crippen LogP contribution in [0.2, 0.25) is 0 Å². The van der Waals surface area contributed by atoms with Gasteiger partial charge in [0.05, 0.1) is 11.7 Å². The highest BCUT2D eigenvalue weighted by atomic mass is 32.1. The molecular formula is C18H23N3O2S. The molecule has 1 aliphatic rings. The Labute approximate surface area is 146 Å². The Morgan fingerprint density at radius 2 is 2.08 bits per heavy atom. The number of nitrogens with two attached hydrogens (primary N) is 1. The summed E-state index contributed by atoms with van der Waals surface area (Å²) in [6.07, 6.45) is 2.44. The molecule has 0 aliphatic carbocycles. The predicted molar refractivity (Wildman–Crippen MR) is 95.8 cm³/mol. The van der Waals surface area contributed by atoms with E-state index in [1.807, 2.05) is 23.6 Å². The molecule has 1 unspecified atom stereocenters. The highest BCUT2D eigenvalue weighted by molar-refractivity contribution is 7.13. The number of amides is 1. The van der Waals surface area contributed by atoms with E-state index in [1.165, 1.54) is 0 Å². The topological polar surface area (TPSA) is 77.2 Å². The van der Waals surface area contributed by atoms with Crippen LogP contribution in [0.25, 0.3) is 10.6 Å². The van der Waals surface area contributed by atoms with Gasteiger partial charge in [-0.1, -0.05) is 30.3 Å². The molecule has 0 saturated carbocycles. The first-order chi connectivity index (χ1) is 11.7. The number of nitrogens with one attached hydrogen (secondary N) is 1. The molecule has 2 aromatic rings. The minimum atomic E-state index is -0.441. The van der Waals surface area contributed by atoms with Crippen molar-refractivity contribution in [3.05, 3.63) is 41.4 Å². The van der Waals surface area contributed by atoms with E-state index in [9.17, 15) is 4.79 Å². The van der Waals surface area contributed by atoms with Crippen LogP contribution in [0, 0.1) is 5.92 Å². The lowest BCUT2D eigenvalue weighted by Gasteiger charge is -2.26. The summed E-state index contributed by atoms with van der Waals surface area (Å²) in [6, 6.07) is 9.68. The monoisotopic (exact) mass is 345 g/mol. The molecule has 6 heteroatoms. The van der Waals surface area contributed by atoms with Crippen molar-refractivity contribution in [3.63, 3.8) is 0 Å². The highest BCUT2D eigenvalue weighted by Crippen LogP contribution is 2.23. The quantitative estimate of drug-likeness (QED) is 0.842. The lowest BCUT2D eigenvalue weighted by Crippen LogP contribution is -2.47. The maximum absolute atomic E-state index is 12.2. The van der Waals surface area contributed by atoms with Crippen LogP contribution in [0.4, 0.5) is 0 Å². The Morgan fingerprint density at radius 1 is 1.33 bits per heavy atom. The normalized spacial score (nSPS) is 16.7. The van der Waals surface area contributed by atoms with Gasteiger partial charge in [-0.15, -0.1) is 11.3 Å². The summed E-state index contributed by atoms with van der Waals surface area (Å²) in [5.74, 6) is 0.156. The predicted octanol–water partition coefficient (Wildman–Crippen LogP) is 2.22. The van der Waals surface area contributed by atoms with Gasteiger partial charge >= 0.3 is 0 Å². The molecule has 3 N–H and O–H groups in total. The second kappa shape index (κ2) is 8.37. The van der Waals surface area contributed by atoms with Gasteiger partial charge in [-0.05, 0) is 18.8 Å². The maximum Gasteiger partial charge on any atom is 0.237 e. The molecular weight excluding hydrogens is 322 g/mol. The molecule has 1 aromatic carbocycles. The van der Waals surface area contributed by atoms with Crippen molar-refractivity contribution in [1.29, 1.82) is 0 Å². The minimum absolute atomic E-state index is 0.0691. The summed E-state index contributed by atoms with van der Waals surface area (Å²) in [6.45, 7) is 1.97. The summed E-state index contributed by atoms with van der Waals surface area (Å²) in [5, 5.41) is 6.00. The number of carbonyl (C=O) groups is 1. The maximum atomic E-state index is 12.2. The van der Waals surface area contributed by atoms with Crippen molar-refractivity contribution in [2.45, 2.75) is 25.3 Å². The molecule has 1 amide bonds. The van der Waals surface area contributed by atoms with Crippen LogP contribution in [0.1, 0.15) is 18.5 Å². The first-order valence-electron chi connectivity index (χ1n) is 8.35. The molecule has 1 atom stereocenters. The number of aromatic nitrogens is 1. The Bertz CT molecular complexity index is 653. The first-order valence-corrected chi connectivity index (χ1v) is 9.23. The fourth-order valence-electron chi connectivity index (χ4n) is 2.86. The van der Waals surface area contributed by atoms with E-state index in [2.05, 4.69) is 22.4 Å². The van der Waals surface area contributed by atoms with E-state index in [4.69, 9.17) is 10.5 Å². The van der Waals surface area contributed by atoms with Crippen molar-refractivity contribution >= 4 is 17.2 Å². The van der Waals surface area contributed by atoms with Crippen molar-refractivity contribution in [2.75, 3.05) is 19.8 Å². The third kappa shape index (κ3) is 4.41. The van der Waals surface area contributed by atoms with Crippen molar-refractivity contribution < 1.29 is 9.53 Å². The minimum Gasteiger partial charge on any atom is -0.381 e. The second-order valence-corrected chi connectivity index (χ2v) is 6.88. The number of hydrogen-bond donors (Lipinski definition) is 2. The Morgan fingerprint density at radius 3 is 2.83 bits per heavy atom. The molecule has 0 bridgehead atoms. The van der Waals surface area contributed by atoms with Crippen LogP contribution >= 0.6 is 11.3 Å². The number of carbonyl (C=O) groups excluding carboxylic acids is 1. The summed E-state index contributed by atoms with van der Waals surface area (Å²) in [4.78, 5) is 16.8. The molecule has 1 aromatic heterocycles. The lowest BCUT2D eigenvalue weighted by atomic mass is 9.92. The van der Waals surface area contributed by atoms with E-state index in [0.29, 0.717) is 19.8 Å². The molecule has 1 aliphatic heterocycles. The van der Waals surface area contributed by atoms with Crippen LogP contribution in [0.15, 0.2) is 35.7 Å². The van der Waals surface area contributed by atoms with E-state index < -0.39 is 6.04 Å². The zero-order valence-electron chi connectivity index (χ0n) is 13.6. The smallest absolute Gasteiger partial charge is 0.237 e. The summed E-state index contributed by atoms with van der Waals surface area (Å²) >= 11 is 1.63. The SMILES string of the molecule is NC(C(=O)NCCc1csc(-c2ccccc2)n1)C1CCOCC1. The fraction of sp³-hybridized carbons (Fsp3) is 0.444. The molecule has 0 spiro atoms. The van der Waals surface area contributed by atoms with Crippen molar-refractivity contribution in [2.24, 2.45) is 11.7 Å². The number of benzene rings is 1. The Balaban J connectivity index is 1.46. The summed E-state index contributed by atoms with van der Waals surface area (Å²) < 4.78 is 5.31. The summed E-state index contributed by atoms with van der Waals surface area (Å²) in [7, 11) is 0. The van der Waals surface area contributed by atoms with Gasteiger partial charge in [-0.25, -0.2) is 4.98 Å². The number of nitrogens with zero attached hydrogens (tertiary/aromatic N) is 1. The molecule has 128 valence electrons. The van der Waals surface area contributed by atoms with E-state index in [0.717, 1.165) is 35.5 Å². The number of thiazole rings is 1. The van der Waals surface area contributed by atoms with Gasteiger partial charge in [-0.2, -0.15) is 0 Å². The summed E-state index contributed by atoms with van der Waals surface area (Å²) in [5.41, 5.74) is 8.19. The van der Waals surface area contributed by atoms with Crippen LogP contribution in [-0.2, 0) is 16.0 Å². The van der Waals surface area contributed by atoms with E-state index >= 15 is 0 Å². The number of hydrogen-bond acceptors (Lipinski definition) is 5. The zero-order chi connectivity index (χ0) is 16.8. The van der Waals surface area contributed by atoms with Gasteiger partial charge in [0.25, 0.3) is 0 Å². The van der Waals surface area contributed by atoms with Crippen LogP contribution in [0.3, 0.4) is 0 Å². The van der Waals surface area contributed by atoms with Crippen LogP contribution < -0.4 is 11.1 Å². The van der Waals surface area contributed by atoms with E-state index in [1.54, 1.807) is 11.3 Å². The highest BCUT2D eigenvalue weighted by Gasteiger charge is 2.26. The second-order valence-electron chi connectivity index (χ2n) is 6.03. The van der Waals surface area contributed by atoms with Gasteiger partial charge in [0.2, 0.25) is 5.91 Å². The van der Waals surface area contributed by atoms with Crippen molar-refractivity contribution in [3.8, 4) is 10.6 Å². The zero-order valence-corrected chi connectivity index (χ0v) is 14.4.